The first-order valence-corrected chi connectivity index (χ1v) is 6.30. The predicted molar refractivity (Wildman–Crippen MR) is 63.7 cm³/mol. The van der Waals surface area contributed by atoms with Gasteiger partial charge in [0.25, 0.3) is 0 Å². The number of hydrogen-bond donors (Lipinski definition) is 0. The van der Waals surface area contributed by atoms with Crippen molar-refractivity contribution in [2.75, 3.05) is 7.11 Å². The van der Waals surface area contributed by atoms with Gasteiger partial charge in [-0.15, -0.1) is 0 Å². The number of esters is 1. The van der Waals surface area contributed by atoms with E-state index in [0.29, 0.717) is 24.3 Å². The molecule has 0 aromatic carbocycles. The van der Waals surface area contributed by atoms with Crippen molar-refractivity contribution >= 4 is 5.97 Å². The molecule has 1 atom stereocenters. The van der Waals surface area contributed by atoms with Gasteiger partial charge in [-0.2, -0.15) is 4.98 Å². The van der Waals surface area contributed by atoms with Crippen LogP contribution in [0.4, 0.5) is 0 Å². The van der Waals surface area contributed by atoms with Crippen LogP contribution in [0.15, 0.2) is 4.52 Å². The van der Waals surface area contributed by atoms with E-state index in [4.69, 9.17) is 9.26 Å². The Morgan fingerprint density at radius 3 is 2.83 bits per heavy atom. The summed E-state index contributed by atoms with van der Waals surface area (Å²) in [6, 6.07) is 0.149. The van der Waals surface area contributed by atoms with Crippen molar-refractivity contribution in [3.05, 3.63) is 11.7 Å². The first-order valence-electron chi connectivity index (χ1n) is 6.30. The van der Waals surface area contributed by atoms with E-state index in [0.717, 1.165) is 19.3 Å². The van der Waals surface area contributed by atoms with Gasteiger partial charge in [-0.3, -0.25) is 9.69 Å². The first-order chi connectivity index (χ1) is 8.65. The second-order valence-electron chi connectivity index (χ2n) is 4.56. The highest BCUT2D eigenvalue weighted by molar-refractivity contribution is 5.75. The predicted octanol–water partition coefficient (Wildman–Crippen LogP) is 1.16. The monoisotopic (exact) mass is 253 g/mol. The molecule has 1 fully saturated rings. The maximum atomic E-state index is 11.6. The fraction of sp³-hybridized carbons (Fsp3) is 0.750. The van der Waals surface area contributed by atoms with E-state index in [-0.39, 0.29) is 12.0 Å². The van der Waals surface area contributed by atoms with Gasteiger partial charge in [0.15, 0.2) is 5.82 Å². The molecule has 1 aromatic rings. The number of carbonyl (C=O) groups is 1. The maximum absolute atomic E-state index is 11.6. The minimum atomic E-state index is -0.278. The van der Waals surface area contributed by atoms with Gasteiger partial charge in [0.2, 0.25) is 5.89 Å². The molecule has 0 bridgehead atoms. The highest BCUT2D eigenvalue weighted by Gasteiger charge is 2.36. The number of aryl methyl sites for hydroxylation is 1. The van der Waals surface area contributed by atoms with Gasteiger partial charge < -0.3 is 9.26 Å². The van der Waals surface area contributed by atoms with Gasteiger partial charge in [-0.1, -0.05) is 12.1 Å². The van der Waals surface area contributed by atoms with Gasteiger partial charge in [-0.05, 0) is 19.8 Å². The third-order valence-corrected chi connectivity index (χ3v) is 3.20. The van der Waals surface area contributed by atoms with Gasteiger partial charge in [-0.25, -0.2) is 0 Å². The summed E-state index contributed by atoms with van der Waals surface area (Å²) in [6.45, 7) is 4.33. The number of carbonyl (C=O) groups excluding carboxylic acids is 1. The lowest BCUT2D eigenvalue weighted by Crippen LogP contribution is -2.40. The molecule has 100 valence electrons. The topological polar surface area (TPSA) is 68.5 Å². The fourth-order valence-electron chi connectivity index (χ4n) is 1.95. The van der Waals surface area contributed by atoms with Crippen LogP contribution >= 0.6 is 0 Å². The minimum Gasteiger partial charge on any atom is -0.468 e. The zero-order chi connectivity index (χ0) is 13.1. The van der Waals surface area contributed by atoms with Crippen LogP contribution in [0.3, 0.4) is 0 Å². The summed E-state index contributed by atoms with van der Waals surface area (Å²) in [5.74, 6) is 1.04. The number of ether oxygens (including phenoxy) is 1. The van der Waals surface area contributed by atoms with E-state index in [1.807, 2.05) is 13.8 Å². The standard InChI is InChI=1S/C12H19N3O3/c1-4-10-13-11(18-14-10)7-15(9-5-6-9)8(2)12(16)17-3/h8-9H,4-7H2,1-3H3/t8-/m0/s1. The van der Waals surface area contributed by atoms with Gasteiger partial charge in [0.05, 0.1) is 13.7 Å². The molecule has 1 aromatic heterocycles. The second-order valence-corrected chi connectivity index (χ2v) is 4.56. The minimum absolute atomic E-state index is 0.225. The van der Waals surface area contributed by atoms with E-state index < -0.39 is 0 Å². The highest BCUT2D eigenvalue weighted by Crippen LogP contribution is 2.30. The Morgan fingerprint density at radius 1 is 1.61 bits per heavy atom. The maximum Gasteiger partial charge on any atom is 0.322 e. The lowest BCUT2D eigenvalue weighted by Gasteiger charge is -2.25. The van der Waals surface area contributed by atoms with Crippen LogP contribution in [0.2, 0.25) is 0 Å². The molecule has 6 nitrogen and oxygen atoms in total. The number of aromatic nitrogens is 2. The van der Waals surface area contributed by atoms with Crippen LogP contribution in [0.25, 0.3) is 0 Å². The van der Waals surface area contributed by atoms with Crippen LogP contribution < -0.4 is 0 Å². The molecule has 2 rings (SSSR count). The van der Waals surface area contributed by atoms with Crippen LogP contribution in [-0.2, 0) is 22.5 Å². The van der Waals surface area contributed by atoms with E-state index in [9.17, 15) is 4.79 Å². The van der Waals surface area contributed by atoms with Crippen molar-refractivity contribution in [2.24, 2.45) is 0 Å². The van der Waals surface area contributed by atoms with Crippen molar-refractivity contribution in [3.63, 3.8) is 0 Å². The summed E-state index contributed by atoms with van der Waals surface area (Å²) >= 11 is 0. The Hall–Kier alpha value is -1.43. The molecule has 6 heteroatoms. The zero-order valence-corrected chi connectivity index (χ0v) is 11.0. The molecular formula is C12H19N3O3. The molecule has 0 spiro atoms. The van der Waals surface area contributed by atoms with Gasteiger partial charge in [0.1, 0.15) is 6.04 Å². The number of methoxy groups -OCH3 is 1. The smallest absolute Gasteiger partial charge is 0.322 e. The van der Waals surface area contributed by atoms with E-state index in [2.05, 4.69) is 15.0 Å². The Morgan fingerprint density at radius 2 is 2.33 bits per heavy atom. The summed E-state index contributed by atoms with van der Waals surface area (Å²) in [5.41, 5.74) is 0. The van der Waals surface area contributed by atoms with Crippen molar-refractivity contribution < 1.29 is 14.1 Å². The average molecular weight is 253 g/mol. The van der Waals surface area contributed by atoms with Crippen LogP contribution in [0.1, 0.15) is 38.4 Å². The summed E-state index contributed by atoms with van der Waals surface area (Å²) in [5, 5.41) is 3.86. The Kier molecular flexibility index (Phi) is 3.96. The van der Waals surface area contributed by atoms with E-state index in [1.54, 1.807) is 0 Å². The Balaban J connectivity index is 2.04. The molecule has 1 heterocycles. The molecule has 0 unspecified atom stereocenters. The molecule has 1 saturated carbocycles. The van der Waals surface area contributed by atoms with Crippen LogP contribution in [0, 0.1) is 0 Å². The van der Waals surface area contributed by atoms with E-state index >= 15 is 0 Å². The van der Waals surface area contributed by atoms with Gasteiger partial charge >= 0.3 is 5.97 Å². The van der Waals surface area contributed by atoms with Crippen molar-refractivity contribution in [1.29, 1.82) is 0 Å². The number of rotatable bonds is 6. The zero-order valence-electron chi connectivity index (χ0n) is 11.0. The fourth-order valence-corrected chi connectivity index (χ4v) is 1.95. The van der Waals surface area contributed by atoms with E-state index in [1.165, 1.54) is 7.11 Å². The Labute approximate surface area is 106 Å². The molecule has 1 aliphatic carbocycles. The third kappa shape index (κ3) is 2.87. The number of hydrogen-bond acceptors (Lipinski definition) is 6. The van der Waals surface area contributed by atoms with Crippen LogP contribution in [-0.4, -0.2) is 40.2 Å². The molecule has 0 aliphatic heterocycles. The van der Waals surface area contributed by atoms with Crippen LogP contribution in [0.5, 0.6) is 0 Å². The average Bonchev–Trinajstić information content (AvgIpc) is 3.13. The summed E-state index contributed by atoms with van der Waals surface area (Å²) in [4.78, 5) is 17.9. The largest absolute Gasteiger partial charge is 0.468 e. The van der Waals surface area contributed by atoms with Crippen molar-refractivity contribution in [1.82, 2.24) is 15.0 Å². The first kappa shape index (κ1) is 13.0. The van der Waals surface area contributed by atoms with Crippen molar-refractivity contribution in [2.45, 2.75) is 51.7 Å². The summed E-state index contributed by atoms with van der Waals surface area (Å²) in [6.07, 6.45) is 2.96. The third-order valence-electron chi connectivity index (χ3n) is 3.20. The second kappa shape index (κ2) is 5.48. The Bertz CT molecular complexity index is 414. The summed E-state index contributed by atoms with van der Waals surface area (Å²) < 4.78 is 9.96. The molecular weight excluding hydrogens is 234 g/mol. The molecule has 0 N–H and O–H groups in total. The van der Waals surface area contributed by atoms with Gasteiger partial charge in [0, 0.05) is 12.5 Å². The quantitative estimate of drug-likeness (QED) is 0.709. The number of nitrogens with zero attached hydrogens (tertiary/aromatic N) is 3. The molecule has 0 radical (unpaired) electrons. The molecule has 18 heavy (non-hydrogen) atoms. The molecule has 0 amide bonds. The SMILES string of the molecule is CCc1noc(CN(C2CC2)[C@@H](C)C(=O)OC)n1. The molecule has 1 aliphatic rings. The normalized spacial score (nSPS) is 16.9. The lowest BCUT2D eigenvalue weighted by atomic mass is 10.2. The highest BCUT2D eigenvalue weighted by atomic mass is 16.5. The molecule has 0 saturated heterocycles. The summed E-state index contributed by atoms with van der Waals surface area (Å²) in [7, 11) is 1.41. The van der Waals surface area contributed by atoms with Crippen molar-refractivity contribution in [3.8, 4) is 0 Å². The lowest BCUT2D eigenvalue weighted by molar-refractivity contribution is -0.147.